The number of aromatic nitrogens is 2. The molecule has 10 heteroatoms. The molecular weight excluding hydrogens is 464 g/mol. The van der Waals surface area contributed by atoms with E-state index in [1.54, 1.807) is 0 Å². The van der Waals surface area contributed by atoms with Crippen LogP contribution >= 0.6 is 0 Å². The number of alkyl carbamates (subject to hydrolysis) is 1. The van der Waals surface area contributed by atoms with Crippen LogP contribution in [-0.2, 0) is 14.3 Å². The number of ether oxygens (including phenoxy) is 2. The van der Waals surface area contributed by atoms with Gasteiger partial charge < -0.3 is 24.2 Å². The minimum absolute atomic E-state index is 0.00949. The molecule has 4 rings (SSSR count). The lowest BCUT2D eigenvalue weighted by molar-refractivity contribution is -0.141. The molecule has 36 heavy (non-hydrogen) atoms. The minimum atomic E-state index is -0.580. The molecular formula is C26H34N4O6. The van der Waals surface area contributed by atoms with Gasteiger partial charge in [0.05, 0.1) is 25.7 Å². The molecule has 0 spiro atoms. The Morgan fingerprint density at radius 3 is 2.58 bits per heavy atom. The van der Waals surface area contributed by atoms with Crippen molar-refractivity contribution < 1.29 is 28.4 Å². The van der Waals surface area contributed by atoms with Gasteiger partial charge in [0.1, 0.15) is 0 Å². The Labute approximate surface area is 210 Å². The van der Waals surface area contributed by atoms with E-state index >= 15 is 0 Å². The first-order chi connectivity index (χ1) is 17.6. The van der Waals surface area contributed by atoms with Gasteiger partial charge in [0.15, 0.2) is 0 Å². The average molecular weight is 499 g/mol. The topological polar surface area (TPSA) is 124 Å². The Morgan fingerprint density at radius 1 is 1.08 bits per heavy atom. The molecule has 1 saturated carbocycles. The van der Waals surface area contributed by atoms with Crippen LogP contribution in [-0.4, -0.2) is 72.3 Å². The Balaban J connectivity index is 1.20. The van der Waals surface area contributed by atoms with Gasteiger partial charge in [-0.25, -0.2) is 4.79 Å². The summed E-state index contributed by atoms with van der Waals surface area (Å²) >= 11 is 0. The van der Waals surface area contributed by atoms with E-state index in [4.69, 9.17) is 14.0 Å². The van der Waals surface area contributed by atoms with E-state index in [0.29, 0.717) is 32.7 Å². The van der Waals surface area contributed by atoms with Crippen molar-refractivity contribution in [3.05, 3.63) is 36.2 Å². The first-order valence-electron chi connectivity index (χ1n) is 12.8. The molecule has 1 atom stereocenters. The minimum Gasteiger partial charge on any atom is -0.450 e. The molecule has 2 aliphatic rings. The number of amides is 2. The SMILES string of the molecule is O=C(NCC(C(=O)N1CCOCC1)C1CCCCC1)OCCCC(=O)c1noc(-c2ccccc2)n1. The largest absolute Gasteiger partial charge is 0.450 e. The van der Waals surface area contributed by atoms with Crippen LogP contribution < -0.4 is 5.32 Å². The molecule has 0 bridgehead atoms. The van der Waals surface area contributed by atoms with Crippen molar-refractivity contribution in [2.24, 2.45) is 11.8 Å². The van der Waals surface area contributed by atoms with Gasteiger partial charge in [-0.2, -0.15) is 4.98 Å². The number of ketones is 1. The number of nitrogens with zero attached hydrogens (tertiary/aromatic N) is 3. The van der Waals surface area contributed by atoms with Gasteiger partial charge in [-0.15, -0.1) is 0 Å². The molecule has 1 aliphatic carbocycles. The van der Waals surface area contributed by atoms with Gasteiger partial charge in [0, 0.05) is 31.6 Å². The molecule has 0 radical (unpaired) electrons. The summed E-state index contributed by atoms with van der Waals surface area (Å²) in [6.07, 6.45) is 5.31. The number of benzene rings is 1. The van der Waals surface area contributed by atoms with Gasteiger partial charge in [-0.3, -0.25) is 9.59 Å². The first-order valence-corrected chi connectivity index (χ1v) is 12.8. The van der Waals surface area contributed by atoms with E-state index in [9.17, 15) is 14.4 Å². The highest BCUT2D eigenvalue weighted by molar-refractivity contribution is 5.92. The summed E-state index contributed by atoms with van der Waals surface area (Å²) in [6.45, 7) is 2.61. The van der Waals surface area contributed by atoms with E-state index < -0.39 is 6.09 Å². The van der Waals surface area contributed by atoms with E-state index in [0.717, 1.165) is 31.2 Å². The third-order valence-electron chi connectivity index (χ3n) is 6.80. The molecule has 1 aliphatic heterocycles. The highest BCUT2D eigenvalue weighted by Crippen LogP contribution is 2.31. The predicted molar refractivity (Wildman–Crippen MR) is 130 cm³/mol. The second kappa shape index (κ2) is 13.2. The first kappa shape index (κ1) is 25.8. The van der Waals surface area contributed by atoms with Crippen molar-refractivity contribution in [1.29, 1.82) is 0 Å². The zero-order valence-electron chi connectivity index (χ0n) is 20.5. The van der Waals surface area contributed by atoms with Crippen LogP contribution in [0.15, 0.2) is 34.9 Å². The quantitative estimate of drug-likeness (QED) is 0.390. The van der Waals surface area contributed by atoms with E-state index in [2.05, 4.69) is 15.5 Å². The zero-order valence-corrected chi connectivity index (χ0v) is 20.5. The summed E-state index contributed by atoms with van der Waals surface area (Å²) in [6, 6.07) is 9.21. The monoisotopic (exact) mass is 498 g/mol. The number of hydrogen-bond acceptors (Lipinski definition) is 8. The lowest BCUT2D eigenvalue weighted by Crippen LogP contribution is -2.49. The Morgan fingerprint density at radius 2 is 1.83 bits per heavy atom. The molecule has 1 aromatic carbocycles. The molecule has 2 aromatic rings. The third kappa shape index (κ3) is 7.13. The number of carbonyl (C=O) groups excluding carboxylic acids is 3. The summed E-state index contributed by atoms with van der Waals surface area (Å²) in [7, 11) is 0. The normalized spacial score (nSPS) is 17.4. The number of nitrogens with one attached hydrogen (secondary N) is 1. The summed E-state index contributed by atoms with van der Waals surface area (Å²) in [5.41, 5.74) is 0.739. The summed E-state index contributed by atoms with van der Waals surface area (Å²) in [5.74, 6) is 0.116. The van der Waals surface area contributed by atoms with Crippen LogP contribution in [0.5, 0.6) is 0 Å². The number of carbonyl (C=O) groups is 3. The highest BCUT2D eigenvalue weighted by atomic mass is 16.5. The van der Waals surface area contributed by atoms with Crippen LogP contribution in [0.1, 0.15) is 55.6 Å². The summed E-state index contributed by atoms with van der Waals surface area (Å²) in [4.78, 5) is 43.9. The predicted octanol–water partition coefficient (Wildman–Crippen LogP) is 3.48. The molecule has 1 unspecified atom stereocenters. The van der Waals surface area contributed by atoms with Crippen molar-refractivity contribution >= 4 is 17.8 Å². The molecule has 194 valence electrons. The van der Waals surface area contributed by atoms with Crippen LogP contribution in [0.2, 0.25) is 0 Å². The van der Waals surface area contributed by atoms with Crippen molar-refractivity contribution in [1.82, 2.24) is 20.4 Å². The van der Waals surface area contributed by atoms with E-state index in [1.165, 1.54) is 6.42 Å². The second-order valence-electron chi connectivity index (χ2n) is 9.27. The molecule has 1 aromatic heterocycles. The van der Waals surface area contributed by atoms with E-state index in [-0.39, 0.29) is 54.8 Å². The molecule has 2 fully saturated rings. The van der Waals surface area contributed by atoms with Gasteiger partial charge in [-0.1, -0.05) is 42.6 Å². The fourth-order valence-electron chi connectivity index (χ4n) is 4.80. The third-order valence-corrected chi connectivity index (χ3v) is 6.80. The maximum Gasteiger partial charge on any atom is 0.407 e. The van der Waals surface area contributed by atoms with Gasteiger partial charge >= 0.3 is 6.09 Å². The molecule has 2 heterocycles. The van der Waals surface area contributed by atoms with Gasteiger partial charge in [0.25, 0.3) is 5.89 Å². The average Bonchev–Trinajstić information content (AvgIpc) is 3.43. The maximum atomic E-state index is 13.2. The van der Waals surface area contributed by atoms with Crippen molar-refractivity contribution in [2.75, 3.05) is 39.5 Å². The maximum absolute atomic E-state index is 13.2. The lowest BCUT2D eigenvalue weighted by atomic mass is 9.79. The fraction of sp³-hybridized carbons (Fsp3) is 0.577. The van der Waals surface area contributed by atoms with Crippen molar-refractivity contribution in [3.8, 4) is 11.5 Å². The number of hydrogen-bond donors (Lipinski definition) is 1. The second-order valence-corrected chi connectivity index (χ2v) is 9.27. The smallest absolute Gasteiger partial charge is 0.407 e. The Hall–Kier alpha value is -3.27. The van der Waals surface area contributed by atoms with Crippen LogP contribution in [0.4, 0.5) is 4.79 Å². The highest BCUT2D eigenvalue weighted by Gasteiger charge is 2.33. The van der Waals surface area contributed by atoms with Crippen LogP contribution in [0.3, 0.4) is 0 Å². The van der Waals surface area contributed by atoms with Crippen LogP contribution in [0.25, 0.3) is 11.5 Å². The number of rotatable bonds is 10. The Kier molecular flexibility index (Phi) is 9.43. The standard InChI is InChI=1S/C26H34N4O6/c31-22(23-28-24(36-29-23)20-10-5-2-6-11-20)12-7-15-35-26(33)27-18-21(19-8-3-1-4-9-19)25(32)30-13-16-34-17-14-30/h2,5-6,10-11,19,21H,1,3-4,7-9,12-18H2,(H,27,33). The van der Waals surface area contributed by atoms with Crippen molar-refractivity contribution in [2.45, 2.75) is 44.9 Å². The van der Waals surface area contributed by atoms with E-state index in [1.807, 2.05) is 35.2 Å². The molecule has 2 amide bonds. The summed E-state index contributed by atoms with van der Waals surface area (Å²) < 4.78 is 15.8. The lowest BCUT2D eigenvalue weighted by Gasteiger charge is -2.35. The molecule has 10 nitrogen and oxygen atoms in total. The van der Waals surface area contributed by atoms with Gasteiger partial charge in [-0.05, 0) is 37.3 Å². The van der Waals surface area contributed by atoms with Crippen molar-refractivity contribution in [3.63, 3.8) is 0 Å². The van der Waals surface area contributed by atoms with Gasteiger partial charge in [0.2, 0.25) is 17.5 Å². The Bertz CT molecular complexity index is 999. The molecule has 1 saturated heterocycles. The van der Waals surface area contributed by atoms with Crippen LogP contribution in [0, 0.1) is 11.8 Å². The summed E-state index contributed by atoms with van der Waals surface area (Å²) in [5, 5.41) is 6.53. The fourth-order valence-corrected chi connectivity index (χ4v) is 4.80. The number of morpholine rings is 1. The molecule has 1 N–H and O–H groups in total. The number of Topliss-reactive ketones (excluding diaryl/α,β-unsaturated/α-hetero) is 1. The zero-order chi connectivity index (χ0) is 25.2.